The second-order valence-electron chi connectivity index (χ2n) is 7.78. The summed E-state index contributed by atoms with van der Waals surface area (Å²) >= 11 is 0. The third-order valence-corrected chi connectivity index (χ3v) is 4.94. The van der Waals surface area contributed by atoms with Gasteiger partial charge in [-0.2, -0.15) is 22.0 Å². The molecule has 0 aromatic heterocycles. The second-order valence-corrected chi connectivity index (χ2v) is 7.78. The molecule has 206 valence electrons. The van der Waals surface area contributed by atoms with Crippen LogP contribution in [0.15, 0.2) is 24.3 Å². The van der Waals surface area contributed by atoms with Gasteiger partial charge in [-0.05, 0) is 44.4 Å². The molecule has 0 bridgehead atoms. The molecule has 36 heavy (non-hydrogen) atoms. The number of amides is 1. The van der Waals surface area contributed by atoms with E-state index in [1.807, 2.05) is 0 Å². The minimum atomic E-state index is -5.83. The van der Waals surface area contributed by atoms with E-state index in [4.69, 9.17) is 19.3 Å². The van der Waals surface area contributed by atoms with Crippen molar-refractivity contribution >= 4 is 12.1 Å². The van der Waals surface area contributed by atoms with Crippen LogP contribution in [0.4, 0.5) is 26.7 Å². The van der Waals surface area contributed by atoms with Gasteiger partial charge >= 0.3 is 24.3 Å². The highest BCUT2D eigenvalue weighted by Gasteiger charge is 2.59. The van der Waals surface area contributed by atoms with E-state index in [1.54, 1.807) is 45.0 Å². The van der Waals surface area contributed by atoms with Crippen LogP contribution in [0.2, 0.25) is 0 Å². The summed E-state index contributed by atoms with van der Waals surface area (Å²) < 4.78 is 82.0. The average Bonchev–Trinajstić information content (AvgIpc) is 2.80. The van der Waals surface area contributed by atoms with Crippen molar-refractivity contribution in [1.82, 2.24) is 4.90 Å². The van der Waals surface area contributed by atoms with E-state index in [2.05, 4.69) is 4.74 Å². The molecule has 8 nitrogen and oxygen atoms in total. The number of halogens is 5. The summed E-state index contributed by atoms with van der Waals surface area (Å²) in [5.74, 6) is -0.653. The molecule has 0 radical (unpaired) electrons. The van der Waals surface area contributed by atoms with E-state index >= 15 is 0 Å². The number of carbonyl (C=O) groups excluding carboxylic acids is 1. The zero-order valence-electron chi connectivity index (χ0n) is 20.4. The van der Waals surface area contributed by atoms with Crippen LogP contribution in [0.1, 0.15) is 39.2 Å². The third-order valence-electron chi connectivity index (χ3n) is 4.94. The van der Waals surface area contributed by atoms with Crippen molar-refractivity contribution in [2.45, 2.75) is 64.5 Å². The lowest BCUT2D eigenvalue weighted by Gasteiger charge is -2.25. The van der Waals surface area contributed by atoms with Crippen molar-refractivity contribution in [1.29, 1.82) is 0 Å². The zero-order chi connectivity index (χ0) is 27.4. The maximum absolute atomic E-state index is 12.9. The summed E-state index contributed by atoms with van der Waals surface area (Å²) in [5.41, 5.74) is 0.706. The van der Waals surface area contributed by atoms with Gasteiger partial charge in [0.25, 0.3) is 0 Å². The molecule has 0 spiro atoms. The lowest BCUT2D eigenvalue weighted by atomic mass is 10.1. The van der Waals surface area contributed by atoms with Crippen molar-refractivity contribution in [3.63, 3.8) is 0 Å². The number of ether oxygens (including phenoxy) is 4. The minimum absolute atomic E-state index is 0.0226. The van der Waals surface area contributed by atoms with Gasteiger partial charge in [0, 0.05) is 19.6 Å². The van der Waals surface area contributed by atoms with Gasteiger partial charge in [-0.25, -0.2) is 9.59 Å². The van der Waals surface area contributed by atoms with Crippen LogP contribution in [0.5, 0.6) is 5.75 Å². The Bertz CT molecular complexity index is 805. The second kappa shape index (κ2) is 14.8. The van der Waals surface area contributed by atoms with Crippen LogP contribution in [-0.2, 0) is 25.4 Å². The zero-order valence-corrected chi connectivity index (χ0v) is 20.4. The van der Waals surface area contributed by atoms with Gasteiger partial charge in [0.15, 0.2) is 6.10 Å². The Morgan fingerprint density at radius 2 is 1.67 bits per heavy atom. The minimum Gasteiger partial charge on any atom is -0.492 e. The van der Waals surface area contributed by atoms with E-state index < -0.39 is 43.2 Å². The topological polar surface area (TPSA) is 94.5 Å². The van der Waals surface area contributed by atoms with Gasteiger partial charge in [-0.3, -0.25) is 0 Å². The molecule has 0 aliphatic rings. The molecular formula is C23H32F5NO7. The molecule has 1 aromatic carbocycles. The molecule has 0 heterocycles. The predicted octanol–water partition coefficient (Wildman–Crippen LogP) is 4.90. The molecule has 1 rings (SSSR count). The number of hydrogen-bond donors (Lipinski definition) is 1. The first-order chi connectivity index (χ1) is 16.8. The third kappa shape index (κ3) is 10.9. The lowest BCUT2D eigenvalue weighted by Crippen LogP contribution is -2.41. The van der Waals surface area contributed by atoms with Crippen molar-refractivity contribution in [2.24, 2.45) is 0 Å². The normalized spacial score (nSPS) is 13.7. The molecule has 13 heteroatoms. The molecule has 1 N–H and O–H groups in total. The SMILES string of the molecule is CCOC(Cc1ccc(OCCN(CCCOC(F)(F)C(F)(F)F)C(=O)OC(C)CC)cc1)C(=O)O. The van der Waals surface area contributed by atoms with E-state index in [0.717, 1.165) is 4.90 Å². The number of hydrogen-bond acceptors (Lipinski definition) is 6. The van der Waals surface area contributed by atoms with Gasteiger partial charge in [0.05, 0.1) is 13.2 Å². The van der Waals surface area contributed by atoms with E-state index in [-0.39, 0.29) is 39.1 Å². The Kier molecular flexibility index (Phi) is 12.9. The van der Waals surface area contributed by atoms with E-state index in [1.165, 1.54) is 0 Å². The molecule has 0 saturated carbocycles. The number of nitrogens with zero attached hydrogens (tertiary/aromatic N) is 1. The number of carboxylic acid groups (broad SMARTS) is 1. The predicted molar refractivity (Wildman–Crippen MR) is 118 cm³/mol. The number of carbonyl (C=O) groups is 2. The van der Waals surface area contributed by atoms with Crippen molar-refractivity contribution < 1.29 is 55.6 Å². The highest BCUT2D eigenvalue weighted by atomic mass is 19.4. The van der Waals surface area contributed by atoms with Crippen LogP contribution < -0.4 is 4.74 Å². The van der Waals surface area contributed by atoms with Crippen LogP contribution in [0.3, 0.4) is 0 Å². The first-order valence-corrected chi connectivity index (χ1v) is 11.4. The molecule has 0 aliphatic heterocycles. The number of aliphatic carboxylic acids is 1. The molecule has 2 atom stereocenters. The fourth-order valence-electron chi connectivity index (χ4n) is 2.79. The Morgan fingerprint density at radius 3 is 2.19 bits per heavy atom. The lowest BCUT2D eigenvalue weighted by molar-refractivity contribution is -0.391. The standard InChI is InChI=1S/C23H32F5NO7/c1-4-16(3)36-21(32)29(11-6-13-35-23(27,28)22(24,25)26)12-14-34-18-9-7-17(8-10-18)15-19(20(30)31)33-5-2/h7-10,16,19H,4-6,11-15H2,1-3H3,(H,30,31). The number of carboxylic acids is 1. The van der Waals surface area contributed by atoms with Crippen molar-refractivity contribution in [2.75, 3.05) is 32.9 Å². The van der Waals surface area contributed by atoms with Gasteiger partial charge in [0.2, 0.25) is 0 Å². The fraction of sp³-hybridized carbons (Fsp3) is 0.652. The highest BCUT2D eigenvalue weighted by Crippen LogP contribution is 2.36. The number of alkyl halides is 5. The quantitative estimate of drug-likeness (QED) is 0.241. The first kappa shape index (κ1) is 31.4. The summed E-state index contributed by atoms with van der Waals surface area (Å²) in [5, 5.41) is 9.17. The highest BCUT2D eigenvalue weighted by molar-refractivity contribution is 5.72. The Hall–Kier alpha value is -2.67. The Morgan fingerprint density at radius 1 is 1.03 bits per heavy atom. The van der Waals surface area contributed by atoms with E-state index in [9.17, 15) is 31.5 Å². The molecular weight excluding hydrogens is 497 g/mol. The monoisotopic (exact) mass is 529 g/mol. The molecule has 0 aliphatic carbocycles. The van der Waals surface area contributed by atoms with Crippen LogP contribution >= 0.6 is 0 Å². The number of rotatable bonds is 16. The summed E-state index contributed by atoms with van der Waals surface area (Å²) in [4.78, 5) is 24.7. The van der Waals surface area contributed by atoms with Crippen LogP contribution in [0, 0.1) is 0 Å². The van der Waals surface area contributed by atoms with Gasteiger partial charge in [-0.1, -0.05) is 19.1 Å². The van der Waals surface area contributed by atoms with Crippen molar-refractivity contribution in [3.8, 4) is 5.75 Å². The molecule has 0 saturated heterocycles. The average molecular weight is 529 g/mol. The summed E-state index contributed by atoms with van der Waals surface area (Å²) in [7, 11) is 0. The smallest absolute Gasteiger partial charge is 0.482 e. The fourth-order valence-corrected chi connectivity index (χ4v) is 2.79. The van der Waals surface area contributed by atoms with Crippen LogP contribution in [0.25, 0.3) is 0 Å². The Balaban J connectivity index is 2.64. The molecule has 1 aromatic rings. The number of benzene rings is 1. The molecule has 0 fully saturated rings. The maximum Gasteiger partial charge on any atom is 0.482 e. The molecule has 2 unspecified atom stereocenters. The Labute approximate surface area is 206 Å². The van der Waals surface area contributed by atoms with Crippen LogP contribution in [-0.4, -0.2) is 79.5 Å². The van der Waals surface area contributed by atoms with Gasteiger partial charge in [0.1, 0.15) is 18.5 Å². The van der Waals surface area contributed by atoms with Gasteiger partial charge in [-0.15, -0.1) is 0 Å². The maximum atomic E-state index is 12.9. The first-order valence-electron chi connectivity index (χ1n) is 11.4. The van der Waals surface area contributed by atoms with Gasteiger partial charge < -0.3 is 29.0 Å². The van der Waals surface area contributed by atoms with Crippen molar-refractivity contribution in [3.05, 3.63) is 29.8 Å². The van der Waals surface area contributed by atoms with E-state index in [0.29, 0.717) is 17.7 Å². The summed E-state index contributed by atoms with van der Waals surface area (Å²) in [6, 6.07) is 6.54. The largest absolute Gasteiger partial charge is 0.492 e. The summed E-state index contributed by atoms with van der Waals surface area (Å²) in [6.07, 6.45) is -12.9. The molecule has 1 amide bonds. The summed E-state index contributed by atoms with van der Waals surface area (Å²) in [6.45, 7) is 4.21.